The van der Waals surface area contributed by atoms with Gasteiger partial charge in [0.15, 0.2) is 6.29 Å². The monoisotopic (exact) mass is 322 g/mol. The average molecular weight is 323 g/mol. The summed E-state index contributed by atoms with van der Waals surface area (Å²) < 4.78 is 8.67. The third-order valence-corrected chi connectivity index (χ3v) is 3.36. The van der Waals surface area contributed by atoms with Crippen LogP contribution >= 0.6 is 15.9 Å². The molecule has 1 heterocycles. The zero-order valence-electron chi connectivity index (χ0n) is 10.9. The lowest BCUT2D eigenvalue weighted by molar-refractivity contribution is 0.111. The van der Waals surface area contributed by atoms with Crippen molar-refractivity contribution >= 4 is 22.2 Å². The number of halogens is 1. The lowest BCUT2D eigenvalue weighted by Crippen LogP contribution is -2.05. The minimum atomic E-state index is 0.400. The van der Waals surface area contributed by atoms with Crippen molar-refractivity contribution in [2.45, 2.75) is 27.0 Å². The van der Waals surface area contributed by atoms with E-state index in [1.54, 1.807) is 18.6 Å². The molecular formula is C14H15BrN2O2. The largest absolute Gasteiger partial charge is 0.486 e. The first kappa shape index (κ1) is 13.8. The van der Waals surface area contributed by atoms with E-state index in [1.807, 2.05) is 24.5 Å². The number of carbonyl (C=O) groups excluding carboxylic acids is 1. The smallest absolute Gasteiger partial charge is 0.153 e. The fourth-order valence-corrected chi connectivity index (χ4v) is 2.53. The van der Waals surface area contributed by atoms with Crippen molar-refractivity contribution in [1.29, 1.82) is 0 Å². The van der Waals surface area contributed by atoms with E-state index in [0.717, 1.165) is 28.6 Å². The summed E-state index contributed by atoms with van der Waals surface area (Å²) in [7, 11) is 0. The summed E-state index contributed by atoms with van der Waals surface area (Å²) in [5, 5.41) is 0. The van der Waals surface area contributed by atoms with Gasteiger partial charge in [-0.05, 0) is 31.5 Å². The van der Waals surface area contributed by atoms with Crippen LogP contribution in [0.3, 0.4) is 0 Å². The number of benzene rings is 1. The van der Waals surface area contributed by atoms with Crippen molar-refractivity contribution in [3.63, 3.8) is 0 Å². The first-order valence-electron chi connectivity index (χ1n) is 6.02. The van der Waals surface area contributed by atoms with E-state index in [-0.39, 0.29) is 0 Å². The molecule has 0 spiro atoms. The van der Waals surface area contributed by atoms with Gasteiger partial charge in [-0.2, -0.15) is 0 Å². The second-order valence-corrected chi connectivity index (χ2v) is 5.13. The minimum Gasteiger partial charge on any atom is -0.486 e. The summed E-state index contributed by atoms with van der Waals surface area (Å²) in [5.41, 5.74) is 2.47. The van der Waals surface area contributed by atoms with E-state index < -0.39 is 0 Å². The number of hydrogen-bond acceptors (Lipinski definition) is 3. The Bertz CT molecular complexity index is 593. The normalized spacial score (nSPS) is 10.5. The molecule has 0 atom stereocenters. The van der Waals surface area contributed by atoms with Gasteiger partial charge in [0.05, 0.1) is 23.8 Å². The van der Waals surface area contributed by atoms with Crippen molar-refractivity contribution in [2.75, 3.05) is 0 Å². The molecule has 1 aromatic heterocycles. The van der Waals surface area contributed by atoms with Crippen LogP contribution in [0.25, 0.3) is 0 Å². The number of ether oxygens (including phenoxy) is 1. The summed E-state index contributed by atoms with van der Waals surface area (Å²) in [6, 6.07) is 3.69. The second kappa shape index (κ2) is 6.02. The molecule has 2 rings (SSSR count). The molecule has 0 aliphatic rings. The fourth-order valence-electron chi connectivity index (χ4n) is 1.94. The third kappa shape index (κ3) is 3.04. The third-order valence-electron chi connectivity index (χ3n) is 2.90. The topological polar surface area (TPSA) is 44.1 Å². The standard InChI is InChI=1S/C14H15BrN2O2/c1-3-17-9-16-6-13(17)8-19-14-10(2)4-12(15)5-11(14)7-18/h4-7,9H,3,8H2,1-2H3. The molecule has 0 unspecified atom stereocenters. The van der Waals surface area contributed by atoms with Crippen LogP contribution in [0.1, 0.15) is 28.5 Å². The summed E-state index contributed by atoms with van der Waals surface area (Å²) in [5.74, 6) is 0.627. The van der Waals surface area contributed by atoms with Crippen LogP contribution in [0.5, 0.6) is 5.75 Å². The molecule has 0 fully saturated rings. The van der Waals surface area contributed by atoms with Gasteiger partial charge in [-0.25, -0.2) is 4.98 Å². The minimum absolute atomic E-state index is 0.400. The quantitative estimate of drug-likeness (QED) is 0.793. The van der Waals surface area contributed by atoms with E-state index in [4.69, 9.17) is 4.74 Å². The van der Waals surface area contributed by atoms with Crippen LogP contribution in [0, 0.1) is 6.92 Å². The number of aromatic nitrogens is 2. The van der Waals surface area contributed by atoms with Crippen LogP contribution in [0.4, 0.5) is 0 Å². The first-order valence-corrected chi connectivity index (χ1v) is 6.82. The predicted molar refractivity (Wildman–Crippen MR) is 76.5 cm³/mol. The van der Waals surface area contributed by atoms with Gasteiger partial charge in [-0.1, -0.05) is 15.9 Å². The maximum absolute atomic E-state index is 11.1. The van der Waals surface area contributed by atoms with E-state index in [2.05, 4.69) is 20.9 Å². The number of rotatable bonds is 5. The number of aryl methyl sites for hydroxylation is 2. The molecule has 2 aromatic rings. The molecular weight excluding hydrogens is 308 g/mol. The molecule has 0 aliphatic carbocycles. The summed E-state index contributed by atoms with van der Waals surface area (Å²) in [6.07, 6.45) is 4.36. The van der Waals surface area contributed by atoms with Crippen molar-refractivity contribution in [2.24, 2.45) is 0 Å². The molecule has 5 heteroatoms. The molecule has 100 valence electrons. The van der Waals surface area contributed by atoms with Crippen molar-refractivity contribution in [3.8, 4) is 5.75 Å². The van der Waals surface area contributed by atoms with Crippen LogP contribution in [0.2, 0.25) is 0 Å². The van der Waals surface area contributed by atoms with Crippen molar-refractivity contribution < 1.29 is 9.53 Å². The molecule has 0 saturated heterocycles. The Kier molecular flexibility index (Phi) is 4.37. The summed E-state index contributed by atoms with van der Waals surface area (Å²) in [6.45, 7) is 5.22. The Labute approximate surface area is 120 Å². The van der Waals surface area contributed by atoms with Gasteiger partial charge < -0.3 is 9.30 Å². The second-order valence-electron chi connectivity index (χ2n) is 4.22. The van der Waals surface area contributed by atoms with Crippen LogP contribution < -0.4 is 4.74 Å². The number of hydrogen-bond donors (Lipinski definition) is 0. The maximum Gasteiger partial charge on any atom is 0.153 e. The van der Waals surface area contributed by atoms with Gasteiger partial charge in [-0.3, -0.25) is 4.79 Å². The van der Waals surface area contributed by atoms with Gasteiger partial charge >= 0.3 is 0 Å². The van der Waals surface area contributed by atoms with E-state index >= 15 is 0 Å². The molecule has 0 N–H and O–H groups in total. The Morgan fingerprint density at radius 1 is 1.47 bits per heavy atom. The van der Waals surface area contributed by atoms with Crippen molar-refractivity contribution in [3.05, 3.63) is 46.0 Å². The van der Waals surface area contributed by atoms with Crippen molar-refractivity contribution in [1.82, 2.24) is 9.55 Å². The van der Waals surface area contributed by atoms with E-state index in [0.29, 0.717) is 17.9 Å². The zero-order chi connectivity index (χ0) is 13.8. The fraction of sp³-hybridized carbons (Fsp3) is 0.286. The van der Waals surface area contributed by atoms with Gasteiger partial charge in [0.2, 0.25) is 0 Å². The molecule has 0 radical (unpaired) electrons. The van der Waals surface area contributed by atoms with E-state index in [1.165, 1.54) is 0 Å². The molecule has 0 amide bonds. The van der Waals surface area contributed by atoms with Crippen LogP contribution in [-0.4, -0.2) is 15.8 Å². The Morgan fingerprint density at radius 3 is 2.95 bits per heavy atom. The lowest BCUT2D eigenvalue weighted by Gasteiger charge is -2.12. The van der Waals surface area contributed by atoms with Gasteiger partial charge in [0.1, 0.15) is 12.4 Å². The Hall–Kier alpha value is -1.62. The highest BCUT2D eigenvalue weighted by Crippen LogP contribution is 2.27. The highest BCUT2D eigenvalue weighted by molar-refractivity contribution is 9.10. The lowest BCUT2D eigenvalue weighted by atomic mass is 10.1. The molecule has 0 aliphatic heterocycles. The SMILES string of the molecule is CCn1cncc1COc1c(C)cc(Br)cc1C=O. The number of nitrogens with zero attached hydrogens (tertiary/aromatic N) is 2. The number of carbonyl (C=O) groups is 1. The molecule has 0 saturated carbocycles. The van der Waals surface area contributed by atoms with E-state index in [9.17, 15) is 4.79 Å². The van der Waals surface area contributed by atoms with Crippen LogP contribution in [0.15, 0.2) is 29.1 Å². The van der Waals surface area contributed by atoms with Gasteiger partial charge in [-0.15, -0.1) is 0 Å². The molecule has 0 bridgehead atoms. The number of imidazole rings is 1. The predicted octanol–water partition coefficient (Wildman–Crippen LogP) is 3.37. The summed E-state index contributed by atoms with van der Waals surface area (Å²) in [4.78, 5) is 15.2. The Balaban J connectivity index is 2.22. The molecule has 1 aromatic carbocycles. The maximum atomic E-state index is 11.1. The Morgan fingerprint density at radius 2 is 2.26 bits per heavy atom. The molecule has 4 nitrogen and oxygen atoms in total. The highest BCUT2D eigenvalue weighted by Gasteiger charge is 2.10. The first-order chi connectivity index (χ1) is 9.15. The zero-order valence-corrected chi connectivity index (χ0v) is 12.5. The van der Waals surface area contributed by atoms with Gasteiger partial charge in [0, 0.05) is 11.0 Å². The number of aldehydes is 1. The highest BCUT2D eigenvalue weighted by atomic mass is 79.9. The molecule has 19 heavy (non-hydrogen) atoms. The average Bonchev–Trinajstić information content (AvgIpc) is 2.84. The summed E-state index contributed by atoms with van der Waals surface area (Å²) >= 11 is 3.37. The van der Waals surface area contributed by atoms with Crippen LogP contribution in [-0.2, 0) is 13.2 Å². The van der Waals surface area contributed by atoms with Gasteiger partial charge in [0.25, 0.3) is 0 Å².